The Labute approximate surface area is 162 Å². The lowest BCUT2D eigenvalue weighted by atomic mass is 9.71. The van der Waals surface area contributed by atoms with Crippen molar-refractivity contribution in [3.8, 4) is 0 Å². The highest BCUT2D eigenvalue weighted by molar-refractivity contribution is 5.91. The van der Waals surface area contributed by atoms with Crippen LogP contribution in [0, 0.1) is 0 Å². The lowest BCUT2D eigenvalue weighted by Crippen LogP contribution is -2.41. The molecular formula is C22H20O6. The third-order valence-corrected chi connectivity index (χ3v) is 4.96. The number of carbonyl (C=O) groups is 2. The first-order valence-electron chi connectivity index (χ1n) is 8.60. The van der Waals surface area contributed by atoms with Gasteiger partial charge in [0, 0.05) is 12.0 Å². The summed E-state index contributed by atoms with van der Waals surface area (Å²) in [4.78, 5) is 23.5. The average Bonchev–Trinajstić information content (AvgIpc) is 2.73. The molecule has 0 saturated carbocycles. The summed E-state index contributed by atoms with van der Waals surface area (Å²) >= 11 is 0. The van der Waals surface area contributed by atoms with E-state index in [4.69, 9.17) is 14.6 Å². The molecule has 2 N–H and O–H groups in total. The fraction of sp³-hybridized carbons (Fsp3) is 0.182. The smallest absolute Gasteiger partial charge is 0.335 e. The van der Waals surface area contributed by atoms with Crippen molar-refractivity contribution < 1.29 is 29.3 Å². The van der Waals surface area contributed by atoms with Crippen molar-refractivity contribution in [3.63, 3.8) is 0 Å². The van der Waals surface area contributed by atoms with E-state index in [1.165, 1.54) is 26.4 Å². The molecule has 3 rings (SSSR count). The third-order valence-electron chi connectivity index (χ3n) is 4.96. The Balaban J connectivity index is 2.16. The molecule has 0 aromatic heterocycles. The minimum Gasteiger partial charge on any atom is -0.500 e. The lowest BCUT2D eigenvalue weighted by molar-refractivity contribution is -0.144. The summed E-state index contributed by atoms with van der Waals surface area (Å²) in [5.41, 5.74) is 0.712. The maximum Gasteiger partial charge on any atom is 0.335 e. The van der Waals surface area contributed by atoms with Gasteiger partial charge in [0.2, 0.25) is 0 Å². The Hall–Kier alpha value is -3.54. The summed E-state index contributed by atoms with van der Waals surface area (Å²) in [7, 11) is 2.93. The van der Waals surface area contributed by atoms with E-state index >= 15 is 0 Å². The minimum atomic E-state index is -1.41. The van der Waals surface area contributed by atoms with Gasteiger partial charge < -0.3 is 19.7 Å². The van der Waals surface area contributed by atoms with E-state index in [0.29, 0.717) is 22.5 Å². The molecule has 0 radical (unpaired) electrons. The number of rotatable bonds is 6. The zero-order valence-electron chi connectivity index (χ0n) is 15.5. The van der Waals surface area contributed by atoms with Gasteiger partial charge in [-0.1, -0.05) is 42.5 Å². The predicted octanol–water partition coefficient (Wildman–Crippen LogP) is 3.70. The summed E-state index contributed by atoms with van der Waals surface area (Å²) in [6.45, 7) is 0. The van der Waals surface area contributed by atoms with Crippen LogP contribution in [0.5, 0.6) is 0 Å². The molecular weight excluding hydrogens is 360 g/mol. The monoisotopic (exact) mass is 380 g/mol. The Morgan fingerprint density at radius 1 is 0.929 bits per heavy atom. The van der Waals surface area contributed by atoms with E-state index in [9.17, 15) is 14.7 Å². The van der Waals surface area contributed by atoms with E-state index in [2.05, 4.69) is 0 Å². The number of hydrogen-bond donors (Lipinski definition) is 2. The Bertz CT molecular complexity index is 956. The van der Waals surface area contributed by atoms with Crippen LogP contribution in [0.2, 0.25) is 0 Å². The first kappa shape index (κ1) is 19.2. The fourth-order valence-corrected chi connectivity index (χ4v) is 3.48. The molecule has 2 aromatic rings. The van der Waals surface area contributed by atoms with Gasteiger partial charge in [0.05, 0.1) is 19.8 Å². The van der Waals surface area contributed by atoms with Crippen molar-refractivity contribution in [1.82, 2.24) is 0 Å². The Morgan fingerprint density at radius 2 is 1.57 bits per heavy atom. The minimum absolute atomic E-state index is 0.0680. The van der Waals surface area contributed by atoms with Crippen molar-refractivity contribution in [1.29, 1.82) is 0 Å². The molecule has 0 spiro atoms. The molecule has 0 amide bonds. The molecule has 2 aromatic carbocycles. The van der Waals surface area contributed by atoms with Crippen LogP contribution < -0.4 is 0 Å². The number of aromatic carboxylic acids is 1. The molecule has 6 heteroatoms. The van der Waals surface area contributed by atoms with Gasteiger partial charge in [-0.3, -0.25) is 4.79 Å². The second-order valence-corrected chi connectivity index (χ2v) is 6.39. The van der Waals surface area contributed by atoms with Gasteiger partial charge in [-0.2, -0.15) is 0 Å². The van der Waals surface area contributed by atoms with Gasteiger partial charge in [-0.15, -0.1) is 0 Å². The summed E-state index contributed by atoms with van der Waals surface area (Å²) in [6, 6.07) is 15.2. The highest BCUT2D eigenvalue weighted by Crippen LogP contribution is 2.45. The number of carboxylic acids is 2. The van der Waals surface area contributed by atoms with E-state index in [-0.39, 0.29) is 17.7 Å². The van der Waals surface area contributed by atoms with Gasteiger partial charge >= 0.3 is 11.9 Å². The van der Waals surface area contributed by atoms with Crippen molar-refractivity contribution in [2.24, 2.45) is 0 Å². The first-order chi connectivity index (χ1) is 13.4. The van der Waals surface area contributed by atoms with Crippen molar-refractivity contribution in [2.45, 2.75) is 11.8 Å². The maximum atomic E-state index is 12.4. The molecule has 28 heavy (non-hydrogen) atoms. The number of carboxylic acid groups (broad SMARTS) is 2. The van der Waals surface area contributed by atoms with Crippen molar-refractivity contribution in [2.75, 3.05) is 14.2 Å². The highest BCUT2D eigenvalue weighted by Gasteiger charge is 2.49. The zero-order valence-corrected chi connectivity index (χ0v) is 15.5. The quantitative estimate of drug-likeness (QED) is 0.794. The molecule has 0 bridgehead atoms. The molecule has 1 unspecified atom stereocenters. The molecule has 1 aliphatic carbocycles. The van der Waals surface area contributed by atoms with Crippen LogP contribution >= 0.6 is 0 Å². The van der Waals surface area contributed by atoms with Crippen molar-refractivity contribution >= 4 is 17.5 Å². The topological polar surface area (TPSA) is 93.1 Å². The molecule has 0 saturated heterocycles. The molecule has 0 heterocycles. The van der Waals surface area contributed by atoms with E-state index in [0.717, 1.165) is 0 Å². The van der Waals surface area contributed by atoms with Crippen LogP contribution in [-0.4, -0.2) is 36.4 Å². The second-order valence-electron chi connectivity index (χ2n) is 6.39. The van der Waals surface area contributed by atoms with Gasteiger partial charge in [-0.25, -0.2) is 4.79 Å². The Morgan fingerprint density at radius 3 is 2.07 bits per heavy atom. The molecule has 0 aliphatic heterocycles. The summed E-state index contributed by atoms with van der Waals surface area (Å²) in [5.74, 6) is -1.29. The van der Waals surface area contributed by atoms with Gasteiger partial charge in [-0.05, 0) is 29.3 Å². The van der Waals surface area contributed by atoms with Crippen LogP contribution in [0.1, 0.15) is 27.9 Å². The van der Waals surface area contributed by atoms with Gasteiger partial charge in [0.25, 0.3) is 0 Å². The molecule has 6 nitrogen and oxygen atoms in total. The maximum absolute atomic E-state index is 12.4. The van der Waals surface area contributed by atoms with Crippen LogP contribution in [0.15, 0.2) is 72.2 Å². The van der Waals surface area contributed by atoms with Crippen LogP contribution in [-0.2, 0) is 19.7 Å². The van der Waals surface area contributed by atoms with Crippen LogP contribution in [0.3, 0.4) is 0 Å². The first-order valence-corrected chi connectivity index (χ1v) is 8.60. The van der Waals surface area contributed by atoms with Gasteiger partial charge in [0.15, 0.2) is 5.41 Å². The largest absolute Gasteiger partial charge is 0.500 e. The molecule has 144 valence electrons. The fourth-order valence-electron chi connectivity index (χ4n) is 3.48. The lowest BCUT2D eigenvalue weighted by Gasteiger charge is -2.35. The summed E-state index contributed by atoms with van der Waals surface area (Å²) in [6.07, 6.45) is 1.72. The van der Waals surface area contributed by atoms with Gasteiger partial charge in [0.1, 0.15) is 11.5 Å². The number of aliphatic carboxylic acids is 1. The van der Waals surface area contributed by atoms with E-state index < -0.39 is 17.4 Å². The standard InChI is InChI=1S/C22H20O6/c1-27-18-13-22(21(25)26,16-6-4-3-5-7-16)19(28-2)12-17(18)14-8-10-15(11-9-14)20(23)24/h3-12H,13H2,1-2H3,(H,23,24)(H,25,26). The number of benzene rings is 2. The number of allylic oxidation sites excluding steroid dienone is 3. The van der Waals surface area contributed by atoms with Crippen LogP contribution in [0.25, 0.3) is 5.57 Å². The number of ether oxygens (including phenoxy) is 2. The second kappa shape index (κ2) is 7.60. The Kier molecular flexibility index (Phi) is 5.22. The predicted molar refractivity (Wildman–Crippen MR) is 103 cm³/mol. The summed E-state index contributed by atoms with van der Waals surface area (Å²) in [5, 5.41) is 19.2. The van der Waals surface area contributed by atoms with Crippen molar-refractivity contribution in [3.05, 3.63) is 88.9 Å². The molecule has 1 aliphatic rings. The van der Waals surface area contributed by atoms with E-state index in [1.807, 2.05) is 6.07 Å². The molecule has 0 fully saturated rings. The normalized spacial score (nSPS) is 19.0. The number of hydrogen-bond acceptors (Lipinski definition) is 4. The average molecular weight is 380 g/mol. The zero-order chi connectivity index (χ0) is 20.3. The highest BCUT2D eigenvalue weighted by atomic mass is 16.5. The van der Waals surface area contributed by atoms with Crippen LogP contribution in [0.4, 0.5) is 0 Å². The van der Waals surface area contributed by atoms with E-state index in [1.54, 1.807) is 42.5 Å². The number of methoxy groups -OCH3 is 2. The SMILES string of the molecule is COC1=CC(c2ccc(C(=O)O)cc2)=C(OC)CC1(C(=O)O)c1ccccc1. The third kappa shape index (κ3) is 3.13. The summed E-state index contributed by atoms with van der Waals surface area (Å²) < 4.78 is 11.1. The molecule has 1 atom stereocenters.